The molecule has 8 nitrogen and oxygen atoms in total. The molecule has 3 aromatic rings. The molecule has 0 unspecified atom stereocenters. The predicted molar refractivity (Wildman–Crippen MR) is 122 cm³/mol. The van der Waals surface area contributed by atoms with E-state index in [4.69, 9.17) is 0 Å². The van der Waals surface area contributed by atoms with Crippen LogP contribution in [0, 0.1) is 12.8 Å². The Morgan fingerprint density at radius 1 is 1.17 bits per heavy atom. The Labute approximate surface area is 199 Å². The van der Waals surface area contributed by atoms with Crippen molar-refractivity contribution in [2.45, 2.75) is 45.6 Å². The molecule has 0 aliphatic carbocycles. The fraction of sp³-hybridized carbons (Fsp3) is 0.435. The molecular formula is C23H25F4N7O. The highest BCUT2D eigenvalue weighted by molar-refractivity contribution is 6.02. The van der Waals surface area contributed by atoms with E-state index in [-0.39, 0.29) is 17.4 Å². The van der Waals surface area contributed by atoms with E-state index in [2.05, 4.69) is 25.4 Å². The van der Waals surface area contributed by atoms with Crippen LogP contribution in [-0.2, 0) is 6.54 Å². The zero-order valence-electron chi connectivity index (χ0n) is 19.5. The molecule has 0 radical (unpaired) electrons. The first-order valence-corrected chi connectivity index (χ1v) is 11.0. The fourth-order valence-electron chi connectivity index (χ4n) is 3.97. The number of nitrogens with one attached hydrogen (secondary N) is 1. The first-order valence-electron chi connectivity index (χ1n) is 11.0. The van der Waals surface area contributed by atoms with Gasteiger partial charge in [0.15, 0.2) is 0 Å². The minimum atomic E-state index is -4.40. The van der Waals surface area contributed by atoms with Crippen molar-refractivity contribution in [2.75, 3.05) is 23.3 Å². The lowest BCUT2D eigenvalue weighted by Crippen LogP contribution is -2.30. The van der Waals surface area contributed by atoms with Crippen LogP contribution in [0.4, 0.5) is 29.2 Å². The van der Waals surface area contributed by atoms with Gasteiger partial charge in [-0.15, -0.1) is 0 Å². The fourth-order valence-corrected chi connectivity index (χ4v) is 3.97. The number of carbonyl (C=O) groups is 1. The van der Waals surface area contributed by atoms with Crippen molar-refractivity contribution in [3.8, 4) is 11.3 Å². The summed E-state index contributed by atoms with van der Waals surface area (Å²) in [6, 6.07) is 6.28. The number of aryl methyl sites for hydroxylation is 1. The van der Waals surface area contributed by atoms with Gasteiger partial charge in [0.2, 0.25) is 0 Å². The average molecular weight is 491 g/mol. The van der Waals surface area contributed by atoms with Gasteiger partial charge in [-0.3, -0.25) is 9.48 Å². The lowest BCUT2D eigenvalue weighted by atomic mass is 9.92. The third-order valence-corrected chi connectivity index (χ3v) is 5.80. The molecule has 1 aliphatic heterocycles. The summed E-state index contributed by atoms with van der Waals surface area (Å²) in [5.41, 5.74) is -0.580. The van der Waals surface area contributed by atoms with Crippen molar-refractivity contribution in [1.29, 1.82) is 0 Å². The largest absolute Gasteiger partial charge is 0.408 e. The van der Waals surface area contributed by atoms with E-state index in [1.807, 2.05) is 4.90 Å². The van der Waals surface area contributed by atoms with Crippen LogP contribution in [0.15, 0.2) is 36.7 Å². The smallest absolute Gasteiger partial charge is 0.356 e. The number of hydrogen-bond acceptors (Lipinski definition) is 6. The number of hydrogen-bond donors (Lipinski definition) is 1. The molecule has 0 aromatic carbocycles. The quantitative estimate of drug-likeness (QED) is 0.513. The number of rotatable bonds is 6. The molecule has 0 spiro atoms. The summed E-state index contributed by atoms with van der Waals surface area (Å²) in [5, 5.41) is 6.41. The van der Waals surface area contributed by atoms with Crippen LogP contribution in [0.3, 0.4) is 0 Å². The Morgan fingerprint density at radius 3 is 2.63 bits per heavy atom. The van der Waals surface area contributed by atoms with Gasteiger partial charge in [-0.25, -0.2) is 19.3 Å². The molecule has 1 fully saturated rings. The van der Waals surface area contributed by atoms with Crippen LogP contribution in [0.2, 0.25) is 0 Å². The number of amides is 1. The number of alkyl halides is 4. The standard InChI is InChI=1S/C23H25F4N7O/c1-14-29-19(9-20(30-14)33-8-7-16(12-33)22(2,3)24)32-21(35)18-6-4-5-17(31-18)15-10-28-34(11-15)13-23(25,26)27/h4-6,9-11,16H,7-8,12-13H2,1-3H3,(H,29,30,32,35)/t16-/m1/s1. The van der Waals surface area contributed by atoms with Gasteiger partial charge >= 0.3 is 6.18 Å². The monoisotopic (exact) mass is 491 g/mol. The van der Waals surface area contributed by atoms with Crippen molar-refractivity contribution in [3.05, 3.63) is 48.2 Å². The first kappa shape index (κ1) is 24.6. The van der Waals surface area contributed by atoms with E-state index in [1.165, 1.54) is 18.5 Å². The van der Waals surface area contributed by atoms with E-state index in [1.54, 1.807) is 39.0 Å². The zero-order chi connectivity index (χ0) is 25.4. The van der Waals surface area contributed by atoms with Crippen LogP contribution in [0.25, 0.3) is 11.3 Å². The zero-order valence-corrected chi connectivity index (χ0v) is 19.5. The van der Waals surface area contributed by atoms with Gasteiger partial charge in [0.25, 0.3) is 5.91 Å². The summed E-state index contributed by atoms with van der Waals surface area (Å²) in [6.07, 6.45) is -1.22. The van der Waals surface area contributed by atoms with E-state index >= 15 is 0 Å². The summed E-state index contributed by atoms with van der Waals surface area (Å²) in [5.74, 6) is 0.648. The normalized spacial score (nSPS) is 16.5. The maximum Gasteiger partial charge on any atom is 0.408 e. The second kappa shape index (κ2) is 9.23. The molecule has 0 bridgehead atoms. The summed E-state index contributed by atoms with van der Waals surface area (Å²) in [6.45, 7) is 4.78. The van der Waals surface area contributed by atoms with Gasteiger partial charge in [0.1, 0.15) is 35.4 Å². The first-order chi connectivity index (χ1) is 16.4. The van der Waals surface area contributed by atoms with Crippen molar-refractivity contribution >= 4 is 17.5 Å². The van der Waals surface area contributed by atoms with E-state index in [0.29, 0.717) is 42.4 Å². The predicted octanol–water partition coefficient (Wildman–Crippen LogP) is 4.43. The molecule has 3 aromatic heterocycles. The topological polar surface area (TPSA) is 88.8 Å². The van der Waals surface area contributed by atoms with Crippen molar-refractivity contribution in [3.63, 3.8) is 0 Å². The number of halogens is 4. The number of anilines is 2. The van der Waals surface area contributed by atoms with Gasteiger partial charge < -0.3 is 10.2 Å². The van der Waals surface area contributed by atoms with Crippen molar-refractivity contribution < 1.29 is 22.4 Å². The molecule has 1 aliphatic rings. The minimum absolute atomic E-state index is 0.0595. The molecule has 1 saturated heterocycles. The third-order valence-electron chi connectivity index (χ3n) is 5.80. The maximum atomic E-state index is 14.4. The highest BCUT2D eigenvalue weighted by atomic mass is 19.4. The molecule has 0 saturated carbocycles. The molecule has 4 rings (SSSR count). The molecule has 186 valence electrons. The van der Waals surface area contributed by atoms with Gasteiger partial charge in [-0.1, -0.05) is 6.07 Å². The Balaban J connectivity index is 1.49. The van der Waals surface area contributed by atoms with Crippen LogP contribution < -0.4 is 10.2 Å². The van der Waals surface area contributed by atoms with Crippen LogP contribution >= 0.6 is 0 Å². The Kier molecular flexibility index (Phi) is 6.48. The molecule has 1 N–H and O–H groups in total. The Hall–Kier alpha value is -3.57. The number of nitrogens with zero attached hydrogens (tertiary/aromatic N) is 6. The highest BCUT2D eigenvalue weighted by Crippen LogP contribution is 2.32. The molecular weight excluding hydrogens is 466 g/mol. The van der Waals surface area contributed by atoms with E-state index < -0.39 is 24.3 Å². The highest BCUT2D eigenvalue weighted by Gasteiger charge is 2.36. The van der Waals surface area contributed by atoms with Gasteiger partial charge in [0, 0.05) is 36.8 Å². The minimum Gasteiger partial charge on any atom is -0.356 e. The Morgan fingerprint density at radius 2 is 1.94 bits per heavy atom. The second-order valence-corrected chi connectivity index (χ2v) is 9.06. The van der Waals surface area contributed by atoms with Crippen LogP contribution in [0.5, 0.6) is 0 Å². The second-order valence-electron chi connectivity index (χ2n) is 9.06. The average Bonchev–Trinajstić information content (AvgIpc) is 3.42. The van der Waals surface area contributed by atoms with Crippen LogP contribution in [-0.4, -0.2) is 55.6 Å². The van der Waals surface area contributed by atoms with Crippen molar-refractivity contribution in [2.24, 2.45) is 5.92 Å². The molecule has 1 amide bonds. The third kappa shape index (κ3) is 6.11. The van der Waals surface area contributed by atoms with Crippen LogP contribution in [0.1, 0.15) is 36.6 Å². The molecule has 12 heteroatoms. The summed E-state index contributed by atoms with van der Waals surface area (Å²) >= 11 is 0. The maximum absolute atomic E-state index is 14.4. The summed E-state index contributed by atoms with van der Waals surface area (Å²) in [4.78, 5) is 27.8. The molecule has 1 atom stereocenters. The van der Waals surface area contributed by atoms with Gasteiger partial charge in [-0.2, -0.15) is 18.3 Å². The Bertz CT molecular complexity index is 1220. The number of aromatic nitrogens is 5. The molecule has 35 heavy (non-hydrogen) atoms. The van der Waals surface area contributed by atoms with Crippen molar-refractivity contribution in [1.82, 2.24) is 24.7 Å². The summed E-state index contributed by atoms with van der Waals surface area (Å²) < 4.78 is 52.9. The lowest BCUT2D eigenvalue weighted by molar-refractivity contribution is -0.142. The summed E-state index contributed by atoms with van der Waals surface area (Å²) in [7, 11) is 0. The van der Waals surface area contributed by atoms with Gasteiger partial charge in [-0.05, 0) is 39.3 Å². The van der Waals surface area contributed by atoms with Gasteiger partial charge in [0.05, 0.1) is 11.9 Å². The van der Waals surface area contributed by atoms with E-state index in [0.717, 1.165) is 4.68 Å². The number of pyridine rings is 1. The number of carbonyl (C=O) groups excluding carboxylic acids is 1. The SMILES string of the molecule is Cc1nc(NC(=O)c2cccc(-c3cnn(CC(F)(F)F)c3)n2)cc(N2CC[C@@H](C(C)(C)F)C2)n1. The molecule has 4 heterocycles. The lowest BCUT2D eigenvalue weighted by Gasteiger charge is -2.23. The van der Waals surface area contributed by atoms with E-state index in [9.17, 15) is 22.4 Å².